The van der Waals surface area contributed by atoms with Gasteiger partial charge in [-0.25, -0.2) is 0 Å². The van der Waals surface area contributed by atoms with Crippen LogP contribution in [0.5, 0.6) is 0 Å². The smallest absolute Gasteiger partial charge is 0.225 e. The van der Waals surface area contributed by atoms with E-state index in [1.807, 2.05) is 12.1 Å². The molecule has 16 heavy (non-hydrogen) atoms. The second-order valence-corrected chi connectivity index (χ2v) is 4.64. The van der Waals surface area contributed by atoms with E-state index in [1.54, 1.807) is 12.1 Å². The van der Waals surface area contributed by atoms with Crippen molar-refractivity contribution in [3.05, 3.63) is 29.3 Å². The zero-order valence-corrected chi connectivity index (χ0v) is 9.70. The second kappa shape index (κ2) is 4.85. The molecule has 0 spiro atoms. The van der Waals surface area contributed by atoms with Crippen LogP contribution < -0.4 is 11.1 Å². The van der Waals surface area contributed by atoms with E-state index in [4.69, 9.17) is 17.3 Å². The minimum absolute atomic E-state index is 0.0116. The van der Waals surface area contributed by atoms with E-state index in [-0.39, 0.29) is 11.9 Å². The van der Waals surface area contributed by atoms with Gasteiger partial charge in [0, 0.05) is 12.5 Å². The molecule has 1 amide bonds. The molecular weight excluding hydrogens is 224 g/mol. The van der Waals surface area contributed by atoms with Crippen molar-refractivity contribution in [2.45, 2.75) is 25.3 Å². The number of carbonyl (C=O) groups is 1. The molecule has 0 saturated heterocycles. The van der Waals surface area contributed by atoms with Crippen LogP contribution in [0.3, 0.4) is 0 Å². The Bertz CT molecular complexity index is 390. The van der Waals surface area contributed by atoms with Crippen molar-refractivity contribution >= 4 is 23.2 Å². The van der Waals surface area contributed by atoms with E-state index < -0.39 is 0 Å². The van der Waals surface area contributed by atoms with E-state index in [9.17, 15) is 4.79 Å². The summed E-state index contributed by atoms with van der Waals surface area (Å²) in [6.07, 6.45) is 2.68. The average molecular weight is 239 g/mol. The van der Waals surface area contributed by atoms with Gasteiger partial charge in [-0.1, -0.05) is 23.7 Å². The summed E-state index contributed by atoms with van der Waals surface area (Å²) < 4.78 is 0. The Morgan fingerprint density at radius 3 is 2.81 bits per heavy atom. The molecule has 2 rings (SSSR count). The number of benzene rings is 1. The number of para-hydroxylation sites is 1. The summed E-state index contributed by atoms with van der Waals surface area (Å²) in [4.78, 5) is 11.7. The Morgan fingerprint density at radius 2 is 2.19 bits per heavy atom. The third-order valence-corrected chi connectivity index (χ3v) is 3.13. The summed E-state index contributed by atoms with van der Waals surface area (Å²) in [5.74, 6) is 0.476. The normalized spacial score (nSPS) is 16.9. The van der Waals surface area contributed by atoms with Crippen molar-refractivity contribution in [3.8, 4) is 0 Å². The summed E-state index contributed by atoms with van der Waals surface area (Å²) >= 11 is 5.93. The maximum Gasteiger partial charge on any atom is 0.225 e. The molecule has 3 N–H and O–H groups in total. The minimum atomic E-state index is -0.0625. The van der Waals surface area contributed by atoms with Crippen LogP contribution in [0.25, 0.3) is 0 Å². The molecule has 1 aliphatic rings. The fourth-order valence-corrected chi connectivity index (χ4v) is 1.85. The number of hydrogen-bond donors (Lipinski definition) is 2. The number of rotatable bonds is 4. The zero-order chi connectivity index (χ0) is 11.5. The molecule has 1 aromatic carbocycles. The van der Waals surface area contributed by atoms with Crippen LogP contribution in [0.4, 0.5) is 5.69 Å². The molecule has 1 aromatic rings. The Labute approximate surface area is 100.0 Å². The largest absolute Gasteiger partial charge is 0.327 e. The molecule has 0 aliphatic heterocycles. The lowest BCUT2D eigenvalue weighted by Gasteiger charge is -2.11. The van der Waals surface area contributed by atoms with E-state index in [2.05, 4.69) is 5.32 Å². The van der Waals surface area contributed by atoms with Crippen LogP contribution >= 0.6 is 11.6 Å². The molecule has 4 heteroatoms. The fourth-order valence-electron chi connectivity index (χ4n) is 1.67. The Morgan fingerprint density at radius 1 is 1.50 bits per heavy atom. The highest BCUT2D eigenvalue weighted by molar-refractivity contribution is 6.33. The maximum absolute atomic E-state index is 11.7. The van der Waals surface area contributed by atoms with Crippen LogP contribution in [0.2, 0.25) is 5.02 Å². The molecule has 1 saturated carbocycles. The summed E-state index contributed by atoms with van der Waals surface area (Å²) in [6, 6.07) is 7.18. The van der Waals surface area contributed by atoms with E-state index in [0.717, 1.165) is 12.8 Å². The molecule has 1 atom stereocenters. The molecule has 1 aliphatic carbocycles. The number of nitrogens with one attached hydrogen (secondary N) is 1. The molecule has 1 unspecified atom stereocenters. The van der Waals surface area contributed by atoms with Crippen molar-refractivity contribution in [1.29, 1.82) is 0 Å². The van der Waals surface area contributed by atoms with Crippen molar-refractivity contribution in [1.82, 2.24) is 0 Å². The van der Waals surface area contributed by atoms with Crippen molar-refractivity contribution in [2.75, 3.05) is 5.32 Å². The molecule has 0 aromatic heterocycles. The number of halogens is 1. The van der Waals surface area contributed by atoms with Gasteiger partial charge in [0.05, 0.1) is 10.7 Å². The first-order valence-corrected chi connectivity index (χ1v) is 5.84. The predicted molar refractivity (Wildman–Crippen MR) is 65.4 cm³/mol. The number of amides is 1. The van der Waals surface area contributed by atoms with Crippen LogP contribution in [0, 0.1) is 5.92 Å². The van der Waals surface area contributed by atoms with Crippen molar-refractivity contribution < 1.29 is 4.79 Å². The van der Waals surface area contributed by atoms with Crippen molar-refractivity contribution in [2.24, 2.45) is 11.7 Å². The Kier molecular flexibility index (Phi) is 3.46. The lowest BCUT2D eigenvalue weighted by molar-refractivity contribution is -0.116. The summed E-state index contributed by atoms with van der Waals surface area (Å²) in [6.45, 7) is 0. The third kappa shape index (κ3) is 2.97. The summed E-state index contributed by atoms with van der Waals surface area (Å²) in [5, 5.41) is 3.32. The van der Waals surface area contributed by atoms with Crippen LogP contribution in [-0.2, 0) is 4.79 Å². The fraction of sp³-hybridized carbons (Fsp3) is 0.417. The lowest BCUT2D eigenvalue weighted by atomic mass is 10.1. The third-order valence-electron chi connectivity index (χ3n) is 2.80. The van der Waals surface area contributed by atoms with Crippen molar-refractivity contribution in [3.63, 3.8) is 0 Å². The number of anilines is 1. The molecule has 0 heterocycles. The quantitative estimate of drug-likeness (QED) is 0.847. The predicted octanol–water partition coefficient (Wildman–Crippen LogP) is 2.41. The van der Waals surface area contributed by atoms with Gasteiger partial charge in [-0.2, -0.15) is 0 Å². The average Bonchev–Trinajstić information content (AvgIpc) is 3.04. The number of nitrogens with two attached hydrogens (primary N) is 1. The molecule has 0 bridgehead atoms. The minimum Gasteiger partial charge on any atom is -0.327 e. The van der Waals surface area contributed by atoms with Gasteiger partial charge < -0.3 is 11.1 Å². The molecule has 3 nitrogen and oxygen atoms in total. The van der Waals surface area contributed by atoms with Crippen LogP contribution in [0.1, 0.15) is 19.3 Å². The monoisotopic (exact) mass is 238 g/mol. The summed E-state index contributed by atoms with van der Waals surface area (Å²) in [5.41, 5.74) is 6.53. The highest BCUT2D eigenvalue weighted by atomic mass is 35.5. The maximum atomic E-state index is 11.7. The van der Waals surface area contributed by atoms with Gasteiger partial charge in [-0.15, -0.1) is 0 Å². The topological polar surface area (TPSA) is 55.1 Å². The van der Waals surface area contributed by atoms with Gasteiger partial charge in [0.15, 0.2) is 0 Å². The zero-order valence-electron chi connectivity index (χ0n) is 8.95. The molecule has 0 radical (unpaired) electrons. The number of hydrogen-bond acceptors (Lipinski definition) is 2. The Hall–Kier alpha value is -1.06. The standard InChI is InChI=1S/C12H15ClN2O/c13-9-3-1-2-4-11(9)15-12(16)7-10(14)8-5-6-8/h1-4,8,10H,5-7,14H2,(H,15,16). The van der Waals surface area contributed by atoms with E-state index >= 15 is 0 Å². The first-order valence-electron chi connectivity index (χ1n) is 5.47. The highest BCUT2D eigenvalue weighted by Crippen LogP contribution is 2.33. The van der Waals surface area contributed by atoms with Gasteiger partial charge in [-0.3, -0.25) is 4.79 Å². The molecule has 86 valence electrons. The van der Waals surface area contributed by atoms with Gasteiger partial charge in [-0.05, 0) is 30.9 Å². The molecule has 1 fully saturated rings. The second-order valence-electron chi connectivity index (χ2n) is 4.23. The summed E-state index contributed by atoms with van der Waals surface area (Å²) in [7, 11) is 0. The first-order chi connectivity index (χ1) is 7.66. The molecular formula is C12H15ClN2O. The SMILES string of the molecule is NC(CC(=O)Nc1ccccc1Cl)C1CC1. The van der Waals surface area contributed by atoms with Gasteiger partial charge >= 0.3 is 0 Å². The van der Waals surface area contributed by atoms with Crippen LogP contribution in [-0.4, -0.2) is 11.9 Å². The van der Waals surface area contributed by atoms with E-state index in [0.29, 0.717) is 23.0 Å². The first kappa shape index (κ1) is 11.4. The van der Waals surface area contributed by atoms with Gasteiger partial charge in [0.2, 0.25) is 5.91 Å². The van der Waals surface area contributed by atoms with Crippen LogP contribution in [0.15, 0.2) is 24.3 Å². The lowest BCUT2D eigenvalue weighted by Crippen LogP contribution is -2.28. The van der Waals surface area contributed by atoms with Gasteiger partial charge in [0.1, 0.15) is 0 Å². The van der Waals surface area contributed by atoms with E-state index in [1.165, 1.54) is 0 Å². The Balaban J connectivity index is 1.89. The van der Waals surface area contributed by atoms with Gasteiger partial charge in [0.25, 0.3) is 0 Å². The highest BCUT2D eigenvalue weighted by Gasteiger charge is 2.29. The number of carbonyl (C=O) groups excluding carboxylic acids is 1.